The minimum atomic E-state index is -0.700. The smallest absolute Gasteiger partial charge is 0.151 e. The van der Waals surface area contributed by atoms with Crippen LogP contribution in [0.4, 0.5) is 20.2 Å². The molecule has 0 atom stereocenters. The molecule has 2 nitrogen and oxygen atoms in total. The van der Waals surface area contributed by atoms with Crippen LogP contribution in [-0.4, -0.2) is 6.54 Å². The van der Waals surface area contributed by atoms with Crippen LogP contribution in [0.3, 0.4) is 0 Å². The zero-order chi connectivity index (χ0) is 13.2. The predicted octanol–water partition coefficient (Wildman–Crippen LogP) is 3.93. The zero-order valence-electron chi connectivity index (χ0n) is 10.7. The van der Waals surface area contributed by atoms with Crippen molar-refractivity contribution in [1.29, 1.82) is 0 Å². The van der Waals surface area contributed by atoms with Crippen molar-refractivity contribution < 1.29 is 8.78 Å². The number of nitrogens with two attached hydrogens (primary N) is 1. The molecule has 100 valence electrons. The average Bonchev–Trinajstić information content (AvgIpc) is 2.81. The molecule has 1 aliphatic carbocycles. The fourth-order valence-electron chi connectivity index (χ4n) is 2.79. The highest BCUT2D eigenvalue weighted by atomic mass is 19.1. The second-order valence-electron chi connectivity index (χ2n) is 5.26. The molecule has 0 unspecified atom stereocenters. The normalized spacial score (nSPS) is 17.9. The van der Waals surface area contributed by atoms with E-state index < -0.39 is 11.6 Å². The summed E-state index contributed by atoms with van der Waals surface area (Å²) < 4.78 is 26.5. The molecule has 0 aromatic heterocycles. The summed E-state index contributed by atoms with van der Waals surface area (Å²) in [7, 11) is 0. The first-order valence-electron chi connectivity index (χ1n) is 6.55. The SMILES string of the molecule is CCC1(CNc2cc(F)cc(F)c2N)CCCC1. The van der Waals surface area contributed by atoms with Crippen LogP contribution in [0.5, 0.6) is 0 Å². The summed E-state index contributed by atoms with van der Waals surface area (Å²) in [4.78, 5) is 0. The molecule has 2 rings (SSSR count). The third-order valence-electron chi connectivity index (χ3n) is 4.16. The van der Waals surface area contributed by atoms with Crippen LogP contribution in [-0.2, 0) is 0 Å². The van der Waals surface area contributed by atoms with Crippen molar-refractivity contribution in [3.8, 4) is 0 Å². The lowest BCUT2D eigenvalue weighted by Gasteiger charge is -2.28. The van der Waals surface area contributed by atoms with Gasteiger partial charge in [-0.25, -0.2) is 8.78 Å². The Hall–Kier alpha value is -1.32. The topological polar surface area (TPSA) is 38.0 Å². The van der Waals surface area contributed by atoms with Gasteiger partial charge in [0.2, 0.25) is 0 Å². The molecule has 1 aromatic carbocycles. The van der Waals surface area contributed by atoms with Gasteiger partial charge in [0, 0.05) is 12.6 Å². The first-order valence-corrected chi connectivity index (χ1v) is 6.55. The first-order chi connectivity index (χ1) is 8.56. The Balaban J connectivity index is 2.10. The highest BCUT2D eigenvalue weighted by Crippen LogP contribution is 2.41. The van der Waals surface area contributed by atoms with Crippen molar-refractivity contribution >= 4 is 11.4 Å². The summed E-state index contributed by atoms with van der Waals surface area (Å²) in [6.07, 6.45) is 5.91. The van der Waals surface area contributed by atoms with E-state index in [0.717, 1.165) is 19.0 Å². The molecule has 1 aromatic rings. The summed E-state index contributed by atoms with van der Waals surface area (Å²) in [5.41, 5.74) is 6.24. The highest BCUT2D eigenvalue weighted by Gasteiger charge is 2.31. The quantitative estimate of drug-likeness (QED) is 0.799. The Morgan fingerprint density at radius 3 is 2.56 bits per heavy atom. The molecule has 0 bridgehead atoms. The summed E-state index contributed by atoms with van der Waals surface area (Å²) in [5, 5.41) is 3.12. The number of rotatable bonds is 4. The lowest BCUT2D eigenvalue weighted by molar-refractivity contribution is 0.307. The van der Waals surface area contributed by atoms with Gasteiger partial charge in [-0.1, -0.05) is 19.8 Å². The van der Waals surface area contributed by atoms with Gasteiger partial charge in [0.1, 0.15) is 5.82 Å². The summed E-state index contributed by atoms with van der Waals surface area (Å²) in [5.74, 6) is -1.30. The Labute approximate surface area is 107 Å². The van der Waals surface area contributed by atoms with E-state index in [0.29, 0.717) is 5.69 Å². The van der Waals surface area contributed by atoms with Gasteiger partial charge in [0.05, 0.1) is 11.4 Å². The minimum absolute atomic E-state index is 0.000602. The van der Waals surface area contributed by atoms with E-state index in [9.17, 15) is 8.78 Å². The van der Waals surface area contributed by atoms with Gasteiger partial charge in [-0.05, 0) is 30.7 Å². The molecule has 1 aliphatic rings. The van der Waals surface area contributed by atoms with Gasteiger partial charge in [-0.3, -0.25) is 0 Å². The van der Waals surface area contributed by atoms with Crippen LogP contribution in [0.2, 0.25) is 0 Å². The van der Waals surface area contributed by atoms with Crippen LogP contribution in [0.1, 0.15) is 39.0 Å². The van der Waals surface area contributed by atoms with Crippen molar-refractivity contribution in [1.82, 2.24) is 0 Å². The van der Waals surface area contributed by atoms with Crippen molar-refractivity contribution in [3.63, 3.8) is 0 Å². The van der Waals surface area contributed by atoms with Crippen LogP contribution in [0, 0.1) is 17.0 Å². The molecule has 0 spiro atoms. The Morgan fingerprint density at radius 1 is 1.28 bits per heavy atom. The summed E-state index contributed by atoms with van der Waals surface area (Å²) in [6, 6.07) is 2.07. The van der Waals surface area contributed by atoms with Crippen LogP contribution >= 0.6 is 0 Å². The van der Waals surface area contributed by atoms with Gasteiger partial charge in [0.15, 0.2) is 5.82 Å². The summed E-state index contributed by atoms with van der Waals surface area (Å²) in [6.45, 7) is 2.90. The molecule has 0 saturated heterocycles. The molecular formula is C14H20F2N2. The maximum absolute atomic E-state index is 13.3. The minimum Gasteiger partial charge on any atom is -0.395 e. The maximum Gasteiger partial charge on any atom is 0.151 e. The van der Waals surface area contributed by atoms with Crippen molar-refractivity contribution in [3.05, 3.63) is 23.8 Å². The highest BCUT2D eigenvalue weighted by molar-refractivity contribution is 5.66. The molecule has 0 aliphatic heterocycles. The van der Waals surface area contributed by atoms with Crippen LogP contribution in [0.15, 0.2) is 12.1 Å². The Kier molecular flexibility index (Phi) is 3.73. The molecule has 0 radical (unpaired) electrons. The maximum atomic E-state index is 13.3. The fraction of sp³-hybridized carbons (Fsp3) is 0.571. The molecule has 4 heteroatoms. The largest absolute Gasteiger partial charge is 0.395 e. The van der Waals surface area contributed by atoms with Crippen molar-refractivity contribution in [2.75, 3.05) is 17.6 Å². The standard InChI is InChI=1S/C14H20F2N2/c1-2-14(5-3-4-6-14)9-18-12-8-10(15)7-11(16)13(12)17/h7-8,18H,2-6,9,17H2,1H3. The number of halogens is 2. The van der Waals surface area contributed by atoms with E-state index in [1.807, 2.05) is 0 Å². The molecule has 1 fully saturated rings. The van der Waals surface area contributed by atoms with Gasteiger partial charge >= 0.3 is 0 Å². The molecule has 18 heavy (non-hydrogen) atoms. The van der Waals surface area contributed by atoms with Crippen LogP contribution in [0.25, 0.3) is 0 Å². The predicted molar refractivity (Wildman–Crippen MR) is 70.5 cm³/mol. The average molecular weight is 254 g/mol. The van der Waals surface area contributed by atoms with Crippen LogP contribution < -0.4 is 11.1 Å². The van der Waals surface area contributed by atoms with E-state index in [1.54, 1.807) is 0 Å². The second kappa shape index (κ2) is 5.12. The number of hydrogen-bond acceptors (Lipinski definition) is 2. The second-order valence-corrected chi connectivity index (χ2v) is 5.26. The number of benzene rings is 1. The third kappa shape index (κ3) is 2.57. The molecular weight excluding hydrogens is 234 g/mol. The van der Waals surface area contributed by atoms with Gasteiger partial charge < -0.3 is 11.1 Å². The van der Waals surface area contributed by atoms with Crippen molar-refractivity contribution in [2.45, 2.75) is 39.0 Å². The lowest BCUT2D eigenvalue weighted by atomic mass is 9.83. The van der Waals surface area contributed by atoms with E-state index in [1.165, 1.54) is 31.7 Å². The van der Waals surface area contributed by atoms with Gasteiger partial charge in [-0.2, -0.15) is 0 Å². The molecule has 3 N–H and O–H groups in total. The van der Waals surface area contributed by atoms with E-state index in [-0.39, 0.29) is 11.1 Å². The molecule has 0 amide bonds. The Bertz CT molecular complexity index is 426. The first kappa shape index (κ1) is 13.1. The number of nitrogens with one attached hydrogen (secondary N) is 1. The monoisotopic (exact) mass is 254 g/mol. The Morgan fingerprint density at radius 2 is 1.94 bits per heavy atom. The van der Waals surface area contributed by atoms with Gasteiger partial charge in [0.25, 0.3) is 0 Å². The number of anilines is 2. The van der Waals surface area contributed by atoms with Crippen molar-refractivity contribution in [2.24, 2.45) is 5.41 Å². The third-order valence-corrected chi connectivity index (χ3v) is 4.16. The van der Waals surface area contributed by atoms with E-state index in [4.69, 9.17) is 5.73 Å². The number of hydrogen-bond donors (Lipinski definition) is 2. The lowest BCUT2D eigenvalue weighted by Crippen LogP contribution is -2.26. The fourth-order valence-corrected chi connectivity index (χ4v) is 2.79. The molecule has 1 saturated carbocycles. The van der Waals surface area contributed by atoms with E-state index in [2.05, 4.69) is 12.2 Å². The molecule has 0 heterocycles. The van der Waals surface area contributed by atoms with E-state index >= 15 is 0 Å². The zero-order valence-corrected chi connectivity index (χ0v) is 10.7. The summed E-state index contributed by atoms with van der Waals surface area (Å²) >= 11 is 0. The number of nitrogen functional groups attached to an aromatic ring is 1. The van der Waals surface area contributed by atoms with Gasteiger partial charge in [-0.15, -0.1) is 0 Å².